The van der Waals surface area contributed by atoms with Crippen molar-refractivity contribution in [2.45, 2.75) is 117 Å². The van der Waals surface area contributed by atoms with Gasteiger partial charge in [-0.3, -0.25) is 4.99 Å². The monoisotopic (exact) mass is 896 g/mol. The molecule has 4 aromatic carbocycles. The zero-order chi connectivity index (χ0) is 37.8. The van der Waals surface area contributed by atoms with Gasteiger partial charge in [0, 0.05) is 46.3 Å². The smallest absolute Gasteiger partial charge is 0.508 e. The van der Waals surface area contributed by atoms with Crippen molar-refractivity contribution in [2.75, 3.05) is 4.90 Å². The van der Waals surface area contributed by atoms with Gasteiger partial charge in [0.25, 0.3) is 0 Å². The van der Waals surface area contributed by atoms with E-state index in [4.69, 9.17) is 19.5 Å². The normalized spacial score (nSPS) is 20.7. The summed E-state index contributed by atoms with van der Waals surface area (Å²) in [6.45, 7) is 26.7. The van der Waals surface area contributed by atoms with Gasteiger partial charge in [0.2, 0.25) is 0 Å². The van der Waals surface area contributed by atoms with E-state index >= 15 is 0 Å². The molecule has 0 unspecified atom stereocenters. The van der Waals surface area contributed by atoms with E-state index in [-0.39, 0.29) is 37.8 Å². The molecule has 6 heteroatoms. The number of benzene rings is 4. The van der Waals surface area contributed by atoms with Crippen molar-refractivity contribution in [3.63, 3.8) is 0 Å². The van der Waals surface area contributed by atoms with Crippen molar-refractivity contribution in [1.29, 1.82) is 0 Å². The number of hydrogen-bond acceptors (Lipinski definition) is 5. The van der Waals surface area contributed by atoms with Crippen molar-refractivity contribution in [1.82, 2.24) is 4.98 Å². The first-order valence-electron chi connectivity index (χ1n) is 19.0. The zero-order valence-electron chi connectivity index (χ0n) is 33.7. The molecule has 1 aromatic heterocycles. The predicted molar refractivity (Wildman–Crippen MR) is 216 cm³/mol. The molecular weight excluding hydrogens is 846 g/mol. The van der Waals surface area contributed by atoms with Gasteiger partial charge in [-0.1, -0.05) is 109 Å². The molecule has 2 aliphatic heterocycles. The summed E-state index contributed by atoms with van der Waals surface area (Å²) < 4.78 is 13.6. The van der Waals surface area contributed by atoms with Crippen LogP contribution in [0.15, 0.2) is 77.9 Å². The van der Waals surface area contributed by atoms with Crippen LogP contribution in [-0.2, 0) is 48.7 Å². The second-order valence-corrected chi connectivity index (χ2v) is 17.7. The summed E-state index contributed by atoms with van der Waals surface area (Å²) in [7, 11) is 0. The van der Waals surface area contributed by atoms with E-state index in [1.165, 1.54) is 38.9 Å². The van der Waals surface area contributed by atoms with Gasteiger partial charge in [-0.25, -0.2) is 4.98 Å². The van der Waals surface area contributed by atoms with Crippen LogP contribution in [0.5, 0.6) is 11.5 Å². The first-order valence-corrected chi connectivity index (χ1v) is 19.0. The number of anilines is 3. The number of hydrogen-bond donors (Lipinski definition) is 0. The summed E-state index contributed by atoms with van der Waals surface area (Å²) in [4.78, 5) is 12.5. The van der Waals surface area contributed by atoms with Crippen LogP contribution in [0.3, 0.4) is 0 Å². The Hall–Kier alpha value is -4.21. The summed E-state index contributed by atoms with van der Waals surface area (Å²) >= 11 is 0. The Balaban J connectivity index is 0.00000450. The molecule has 5 nitrogen and oxygen atoms in total. The summed E-state index contributed by atoms with van der Waals surface area (Å²) in [6, 6.07) is 31.2. The maximum atomic E-state index is 6.90. The molecule has 5 aromatic rings. The van der Waals surface area contributed by atoms with Crippen molar-refractivity contribution in [3.05, 3.63) is 141 Å². The molecule has 2 atom stereocenters. The Morgan fingerprint density at radius 2 is 1.59 bits per heavy atom. The molecule has 3 aliphatic rings. The number of aliphatic imine (C=N–C) groups is 1. The number of ether oxygens (including phenoxy) is 2. The standard InChI is InChI=1S/C48H51N3O2.Pt/c1-28(2)32-22-33(44-50-47(11)27-38-31(5)30(4)15-17-39(38)48(47,12)53-44)24-37(23-32)52-36-21-29(3)20-35(26-36)51-42-18-16-34(45(6,7)8)25-41(42)46(9,10)40-14-13-19-49-43(40)51;/h13-23,25,28H,27H2,1-12H3;/q-2;+2/t47-,48+;/m1./s1. The van der Waals surface area contributed by atoms with Crippen LogP contribution in [0.25, 0.3) is 0 Å². The summed E-state index contributed by atoms with van der Waals surface area (Å²) in [5.74, 6) is 3.01. The molecule has 0 N–H and O–H groups in total. The predicted octanol–water partition coefficient (Wildman–Crippen LogP) is 11.9. The molecule has 0 amide bonds. The van der Waals surface area contributed by atoms with Gasteiger partial charge in [-0.15, -0.1) is 29.8 Å². The van der Waals surface area contributed by atoms with Crippen molar-refractivity contribution >= 4 is 23.1 Å². The fraction of sp³-hybridized carbons (Fsp3) is 0.375. The molecule has 1 aliphatic carbocycles. The number of fused-ring (bicyclic) bond motifs is 5. The Morgan fingerprint density at radius 1 is 0.852 bits per heavy atom. The number of aryl methyl sites for hydroxylation is 2. The first kappa shape index (κ1) is 38.1. The number of nitrogens with zero attached hydrogens (tertiary/aromatic N) is 3. The minimum absolute atomic E-state index is 0. The first-order chi connectivity index (χ1) is 24.9. The quantitative estimate of drug-likeness (QED) is 0.165. The molecule has 54 heavy (non-hydrogen) atoms. The third-order valence-electron chi connectivity index (χ3n) is 12.2. The van der Waals surface area contributed by atoms with Crippen LogP contribution < -0.4 is 9.64 Å². The molecule has 0 saturated carbocycles. The van der Waals surface area contributed by atoms with Crippen LogP contribution in [0, 0.1) is 32.9 Å². The van der Waals surface area contributed by atoms with Gasteiger partial charge in [0.15, 0.2) is 0 Å². The van der Waals surface area contributed by atoms with E-state index in [1.54, 1.807) is 0 Å². The minimum atomic E-state index is -0.560. The van der Waals surface area contributed by atoms with Gasteiger partial charge in [-0.05, 0) is 79.0 Å². The summed E-state index contributed by atoms with van der Waals surface area (Å²) in [5, 5.41) is 0. The average molecular weight is 897 g/mol. The summed E-state index contributed by atoms with van der Waals surface area (Å²) in [6.07, 6.45) is 2.72. The Morgan fingerprint density at radius 3 is 2.31 bits per heavy atom. The SMILES string of the molecule is Cc1cc(Oc2[c-]c(C3=N[C@]4(C)Cc5c(ccc(C)c5C)[C@]4(C)O3)cc(C(C)C)c2)[c-]c(N2c3ccc(C(C)(C)C)cc3C(C)(C)c3cccnc32)c1.[Pt+2]. The zero-order valence-corrected chi connectivity index (χ0v) is 36.0. The number of pyridine rings is 1. The average Bonchev–Trinajstić information content (AvgIpc) is 3.48. The Labute approximate surface area is 336 Å². The molecule has 3 heterocycles. The van der Waals surface area contributed by atoms with Crippen LogP contribution >= 0.6 is 0 Å². The molecular formula is C48H51N3O2Pt. The Kier molecular flexibility index (Phi) is 9.13. The van der Waals surface area contributed by atoms with Crippen molar-refractivity contribution in [3.8, 4) is 11.5 Å². The molecule has 280 valence electrons. The molecule has 0 fully saturated rings. The van der Waals surface area contributed by atoms with Crippen molar-refractivity contribution in [2.24, 2.45) is 4.99 Å². The van der Waals surface area contributed by atoms with E-state index in [1.807, 2.05) is 18.3 Å². The van der Waals surface area contributed by atoms with Crippen LogP contribution in [0.1, 0.15) is 124 Å². The topological polar surface area (TPSA) is 47.0 Å². The van der Waals surface area contributed by atoms with Gasteiger partial charge < -0.3 is 14.4 Å². The van der Waals surface area contributed by atoms with Crippen molar-refractivity contribution < 1.29 is 30.5 Å². The van der Waals surface area contributed by atoms with E-state index in [2.05, 4.69) is 155 Å². The minimum Gasteiger partial charge on any atom is -0.508 e. The number of aromatic nitrogens is 1. The number of rotatable bonds is 5. The van der Waals surface area contributed by atoms with Crippen LogP contribution in [0.2, 0.25) is 0 Å². The van der Waals surface area contributed by atoms with E-state index in [0.717, 1.165) is 40.3 Å². The maximum absolute atomic E-state index is 6.90. The summed E-state index contributed by atoms with van der Waals surface area (Å²) in [5.41, 5.74) is 12.8. The fourth-order valence-electron chi connectivity index (χ4n) is 8.51. The van der Waals surface area contributed by atoms with Crippen LogP contribution in [0.4, 0.5) is 17.2 Å². The fourth-order valence-corrected chi connectivity index (χ4v) is 8.51. The molecule has 0 saturated heterocycles. The Bertz CT molecular complexity index is 2350. The molecule has 0 bridgehead atoms. The van der Waals surface area contributed by atoms with E-state index in [0.29, 0.717) is 17.4 Å². The second kappa shape index (κ2) is 12.9. The van der Waals surface area contributed by atoms with Gasteiger partial charge in [0.05, 0.1) is 5.54 Å². The van der Waals surface area contributed by atoms with Gasteiger partial charge >= 0.3 is 21.1 Å². The second-order valence-electron chi connectivity index (χ2n) is 17.7. The largest absolute Gasteiger partial charge is 2.00 e. The van der Waals surface area contributed by atoms with Gasteiger partial charge in [0.1, 0.15) is 17.3 Å². The molecule has 0 spiro atoms. The van der Waals surface area contributed by atoms with E-state index in [9.17, 15) is 0 Å². The van der Waals surface area contributed by atoms with E-state index < -0.39 is 11.1 Å². The maximum Gasteiger partial charge on any atom is 2.00 e. The van der Waals surface area contributed by atoms with Gasteiger partial charge in [-0.2, -0.15) is 5.56 Å². The third kappa shape index (κ3) is 5.93. The molecule has 0 radical (unpaired) electrons. The third-order valence-corrected chi connectivity index (χ3v) is 12.2. The van der Waals surface area contributed by atoms with Crippen LogP contribution in [-0.4, -0.2) is 16.4 Å². The molecule has 8 rings (SSSR count).